The number of likely N-dealkylation sites (N-methyl/N-ethyl adjacent to an activating group) is 1. The molecule has 1 aromatic rings. The topological polar surface area (TPSA) is 18.5 Å². The van der Waals surface area contributed by atoms with Gasteiger partial charge in [-0.1, -0.05) is 37.3 Å². The minimum absolute atomic E-state index is 0.423. The molecule has 1 N–H and O–H groups in total. The van der Waals surface area contributed by atoms with E-state index in [0.717, 1.165) is 12.6 Å². The van der Waals surface area contributed by atoms with E-state index in [-0.39, 0.29) is 0 Å². The third-order valence-electron chi connectivity index (χ3n) is 4.87. The van der Waals surface area contributed by atoms with Gasteiger partial charge in [0.15, 0.2) is 0 Å². The van der Waals surface area contributed by atoms with Crippen LogP contribution < -0.4 is 5.32 Å². The van der Waals surface area contributed by atoms with Crippen LogP contribution in [0.3, 0.4) is 0 Å². The maximum Gasteiger partial charge on any atom is 0.0475 e. The number of piperidine rings is 1. The summed E-state index contributed by atoms with van der Waals surface area (Å²) >= 11 is 0. The van der Waals surface area contributed by atoms with E-state index in [0.29, 0.717) is 12.1 Å². The highest BCUT2D eigenvalue weighted by Gasteiger charge is 2.28. The van der Waals surface area contributed by atoms with Gasteiger partial charge in [-0.05, 0) is 59.1 Å². The lowest BCUT2D eigenvalue weighted by molar-refractivity contribution is 0.0969. The summed E-state index contributed by atoms with van der Waals surface area (Å²) in [6.07, 6.45) is 2.57. The first-order valence-corrected chi connectivity index (χ1v) is 8.32. The van der Waals surface area contributed by atoms with Gasteiger partial charge in [-0.2, -0.15) is 0 Å². The van der Waals surface area contributed by atoms with Crippen LogP contribution in [0.25, 0.3) is 0 Å². The van der Waals surface area contributed by atoms with Gasteiger partial charge in [-0.3, -0.25) is 4.90 Å². The van der Waals surface area contributed by atoms with Crippen molar-refractivity contribution in [1.82, 2.24) is 15.1 Å². The summed E-state index contributed by atoms with van der Waals surface area (Å²) in [7, 11) is 4.41. The summed E-state index contributed by atoms with van der Waals surface area (Å²) < 4.78 is 0. The summed E-state index contributed by atoms with van der Waals surface area (Å²) in [5.41, 5.74) is 1.40. The molecular formula is C18H31N3. The van der Waals surface area contributed by atoms with Crippen LogP contribution in [0.5, 0.6) is 0 Å². The molecule has 2 atom stereocenters. The molecule has 0 aromatic heterocycles. The number of hydrogen-bond acceptors (Lipinski definition) is 3. The molecule has 2 unspecified atom stereocenters. The molecule has 2 rings (SSSR count). The average molecular weight is 289 g/mol. The molecule has 0 radical (unpaired) electrons. The minimum Gasteiger partial charge on any atom is -0.309 e. The summed E-state index contributed by atoms with van der Waals surface area (Å²) in [5.74, 6) is 0. The lowest BCUT2D eigenvalue weighted by Crippen LogP contribution is -2.49. The zero-order valence-electron chi connectivity index (χ0n) is 14.0. The summed E-state index contributed by atoms with van der Waals surface area (Å²) in [5, 5.41) is 3.68. The molecule has 3 heteroatoms. The standard InChI is InChI=1S/C18H31N3/c1-5-19-18(16-9-7-6-8-10-16)15(2)21-13-11-17(12-14-21)20(3)4/h6-10,15,17-19H,5,11-14H2,1-4H3. The van der Waals surface area contributed by atoms with E-state index >= 15 is 0 Å². The van der Waals surface area contributed by atoms with Crippen LogP contribution in [0.2, 0.25) is 0 Å². The largest absolute Gasteiger partial charge is 0.309 e. The fourth-order valence-corrected chi connectivity index (χ4v) is 3.47. The second kappa shape index (κ2) is 7.92. The Bertz CT molecular complexity index is 396. The summed E-state index contributed by atoms with van der Waals surface area (Å²) in [6.45, 7) is 7.99. The lowest BCUT2D eigenvalue weighted by Gasteiger charge is -2.41. The molecule has 0 spiro atoms. The van der Waals surface area contributed by atoms with Crippen molar-refractivity contribution in [3.05, 3.63) is 35.9 Å². The van der Waals surface area contributed by atoms with E-state index in [9.17, 15) is 0 Å². The van der Waals surface area contributed by atoms with Crippen LogP contribution in [-0.4, -0.2) is 55.6 Å². The molecule has 1 aliphatic rings. The molecule has 1 saturated heterocycles. The van der Waals surface area contributed by atoms with Crippen LogP contribution >= 0.6 is 0 Å². The SMILES string of the molecule is CCNC(c1ccccc1)C(C)N1CCC(N(C)C)CC1. The third-order valence-corrected chi connectivity index (χ3v) is 4.87. The van der Waals surface area contributed by atoms with Crippen molar-refractivity contribution < 1.29 is 0 Å². The molecule has 1 aromatic carbocycles. The summed E-state index contributed by atoms with van der Waals surface area (Å²) in [6, 6.07) is 12.6. The van der Waals surface area contributed by atoms with E-state index in [2.05, 4.69) is 73.4 Å². The summed E-state index contributed by atoms with van der Waals surface area (Å²) in [4.78, 5) is 5.03. The Morgan fingerprint density at radius 1 is 1.19 bits per heavy atom. The van der Waals surface area contributed by atoms with Gasteiger partial charge < -0.3 is 10.2 Å². The first-order valence-electron chi connectivity index (χ1n) is 8.32. The number of hydrogen-bond donors (Lipinski definition) is 1. The maximum atomic E-state index is 3.68. The van der Waals surface area contributed by atoms with Crippen LogP contribution in [0, 0.1) is 0 Å². The fraction of sp³-hybridized carbons (Fsp3) is 0.667. The van der Waals surface area contributed by atoms with Crippen LogP contribution in [0.4, 0.5) is 0 Å². The first kappa shape index (κ1) is 16.5. The number of nitrogens with one attached hydrogen (secondary N) is 1. The molecule has 1 heterocycles. The highest BCUT2D eigenvalue weighted by atomic mass is 15.2. The van der Waals surface area contributed by atoms with Gasteiger partial charge in [0, 0.05) is 18.1 Å². The quantitative estimate of drug-likeness (QED) is 0.869. The number of likely N-dealkylation sites (tertiary alicyclic amines) is 1. The molecule has 0 amide bonds. The Labute approximate surface area is 130 Å². The predicted molar refractivity (Wildman–Crippen MR) is 90.6 cm³/mol. The molecule has 21 heavy (non-hydrogen) atoms. The molecule has 1 fully saturated rings. The Kier molecular flexibility index (Phi) is 6.22. The van der Waals surface area contributed by atoms with E-state index < -0.39 is 0 Å². The maximum absolute atomic E-state index is 3.68. The molecular weight excluding hydrogens is 258 g/mol. The highest BCUT2D eigenvalue weighted by molar-refractivity contribution is 5.20. The average Bonchev–Trinajstić information content (AvgIpc) is 2.53. The van der Waals surface area contributed by atoms with Crippen molar-refractivity contribution in [3.63, 3.8) is 0 Å². The fourth-order valence-electron chi connectivity index (χ4n) is 3.47. The molecule has 0 saturated carbocycles. The van der Waals surface area contributed by atoms with Crippen LogP contribution in [0.15, 0.2) is 30.3 Å². The van der Waals surface area contributed by atoms with Crippen LogP contribution in [-0.2, 0) is 0 Å². The predicted octanol–water partition coefficient (Wildman–Crippen LogP) is 2.75. The highest BCUT2D eigenvalue weighted by Crippen LogP contribution is 2.24. The Morgan fingerprint density at radius 2 is 1.81 bits per heavy atom. The monoisotopic (exact) mass is 289 g/mol. The van der Waals surface area contributed by atoms with Crippen LogP contribution in [0.1, 0.15) is 38.3 Å². The second-order valence-electron chi connectivity index (χ2n) is 6.42. The third kappa shape index (κ3) is 4.29. The molecule has 0 bridgehead atoms. The zero-order valence-corrected chi connectivity index (χ0v) is 14.0. The van der Waals surface area contributed by atoms with Gasteiger partial charge >= 0.3 is 0 Å². The number of rotatable bonds is 6. The normalized spacial score (nSPS) is 20.6. The van der Waals surface area contributed by atoms with E-state index in [1.165, 1.54) is 31.5 Å². The first-order chi connectivity index (χ1) is 10.1. The number of benzene rings is 1. The molecule has 0 aliphatic carbocycles. The van der Waals surface area contributed by atoms with E-state index in [4.69, 9.17) is 0 Å². The van der Waals surface area contributed by atoms with E-state index in [1.807, 2.05) is 0 Å². The molecule has 3 nitrogen and oxygen atoms in total. The molecule has 118 valence electrons. The number of nitrogens with zero attached hydrogens (tertiary/aromatic N) is 2. The smallest absolute Gasteiger partial charge is 0.0475 e. The van der Waals surface area contributed by atoms with Gasteiger partial charge in [-0.25, -0.2) is 0 Å². The van der Waals surface area contributed by atoms with Gasteiger partial charge in [0.25, 0.3) is 0 Å². The Balaban J connectivity index is 2.01. The van der Waals surface area contributed by atoms with Gasteiger partial charge in [0.05, 0.1) is 0 Å². The molecule has 1 aliphatic heterocycles. The lowest BCUT2D eigenvalue weighted by atomic mass is 9.95. The van der Waals surface area contributed by atoms with Crippen molar-refractivity contribution in [2.45, 2.75) is 44.8 Å². The Morgan fingerprint density at radius 3 is 2.33 bits per heavy atom. The van der Waals surface area contributed by atoms with Gasteiger partial charge in [-0.15, -0.1) is 0 Å². The van der Waals surface area contributed by atoms with E-state index in [1.54, 1.807) is 0 Å². The second-order valence-corrected chi connectivity index (χ2v) is 6.42. The minimum atomic E-state index is 0.423. The van der Waals surface area contributed by atoms with Crippen molar-refractivity contribution in [3.8, 4) is 0 Å². The zero-order chi connectivity index (χ0) is 15.2. The Hall–Kier alpha value is -0.900. The van der Waals surface area contributed by atoms with Crippen molar-refractivity contribution in [1.29, 1.82) is 0 Å². The van der Waals surface area contributed by atoms with Gasteiger partial charge in [0.1, 0.15) is 0 Å². The van der Waals surface area contributed by atoms with Crippen molar-refractivity contribution >= 4 is 0 Å². The van der Waals surface area contributed by atoms with Gasteiger partial charge in [0.2, 0.25) is 0 Å². The van der Waals surface area contributed by atoms with Crippen molar-refractivity contribution in [2.75, 3.05) is 33.7 Å². The van der Waals surface area contributed by atoms with Crippen molar-refractivity contribution in [2.24, 2.45) is 0 Å².